The average molecular weight is 476 g/mol. The molecule has 0 saturated carbocycles. The lowest BCUT2D eigenvalue weighted by Crippen LogP contribution is -2.28. The van der Waals surface area contributed by atoms with Crippen LogP contribution >= 0.6 is 11.6 Å². The van der Waals surface area contributed by atoms with Crippen molar-refractivity contribution in [2.45, 2.75) is 26.6 Å². The fourth-order valence-corrected chi connectivity index (χ4v) is 3.61. The summed E-state index contributed by atoms with van der Waals surface area (Å²) in [5, 5.41) is 7.14. The van der Waals surface area contributed by atoms with E-state index in [-0.39, 0.29) is 28.6 Å². The summed E-state index contributed by atoms with van der Waals surface area (Å²) in [6.45, 7) is 3.10. The highest BCUT2D eigenvalue weighted by Crippen LogP contribution is 2.34. The zero-order chi connectivity index (χ0) is 23.9. The lowest BCUT2D eigenvalue weighted by atomic mass is 10.1. The second-order valence-electron chi connectivity index (χ2n) is 7.44. The van der Waals surface area contributed by atoms with E-state index in [2.05, 4.69) is 15.4 Å². The summed E-state index contributed by atoms with van der Waals surface area (Å²) < 4.78 is 41.8. The number of hydrogen-bond acceptors (Lipinski definition) is 4. The number of anilines is 1. The Balaban J connectivity index is 1.65. The minimum atomic E-state index is -4.58. The molecule has 33 heavy (non-hydrogen) atoms. The predicted molar refractivity (Wildman–Crippen MR) is 118 cm³/mol. The number of aryl methyl sites for hydroxylation is 2. The van der Waals surface area contributed by atoms with Gasteiger partial charge in [0.2, 0.25) is 5.91 Å². The number of hydrogen-bond donors (Lipinski definition) is 1. The molecule has 0 saturated heterocycles. The molecule has 2 aromatic heterocycles. The molecule has 170 valence electrons. The molecule has 0 aliphatic rings. The zero-order valence-electron chi connectivity index (χ0n) is 17.4. The van der Waals surface area contributed by atoms with Crippen molar-refractivity contribution in [3.63, 3.8) is 0 Å². The fraction of sp³-hybridized carbons (Fsp3) is 0.182. The van der Waals surface area contributed by atoms with Gasteiger partial charge in [0, 0.05) is 6.07 Å². The van der Waals surface area contributed by atoms with Gasteiger partial charge in [0.1, 0.15) is 12.4 Å². The molecule has 0 atom stereocenters. The Kier molecular flexibility index (Phi) is 5.71. The SMILES string of the molecule is Cc1cc(NC(=O)Cn2cnc3c(C)cccc3c2=O)n(-c2cc(C(F)(F)F)ccc2Cl)n1. The van der Waals surface area contributed by atoms with Crippen molar-refractivity contribution in [3.8, 4) is 5.69 Å². The van der Waals surface area contributed by atoms with Crippen molar-refractivity contribution in [1.29, 1.82) is 0 Å². The number of carbonyl (C=O) groups is 1. The van der Waals surface area contributed by atoms with Crippen molar-refractivity contribution in [2.75, 3.05) is 5.32 Å². The summed E-state index contributed by atoms with van der Waals surface area (Å²) in [5.41, 5.74) is 0.486. The van der Waals surface area contributed by atoms with Crippen LogP contribution in [0.2, 0.25) is 5.02 Å². The number of benzene rings is 2. The van der Waals surface area contributed by atoms with Crippen molar-refractivity contribution in [1.82, 2.24) is 19.3 Å². The molecule has 7 nitrogen and oxygen atoms in total. The number of fused-ring (bicyclic) bond motifs is 1. The van der Waals surface area contributed by atoms with Crippen molar-refractivity contribution in [2.24, 2.45) is 0 Å². The highest BCUT2D eigenvalue weighted by Gasteiger charge is 2.31. The number of halogens is 4. The number of amides is 1. The first kappa shape index (κ1) is 22.5. The molecule has 0 fully saturated rings. The monoisotopic (exact) mass is 475 g/mol. The van der Waals surface area contributed by atoms with Gasteiger partial charge in [-0.25, -0.2) is 9.67 Å². The first-order valence-electron chi connectivity index (χ1n) is 9.73. The maximum atomic E-state index is 13.2. The lowest BCUT2D eigenvalue weighted by molar-refractivity contribution is -0.137. The Hall–Kier alpha value is -3.66. The maximum Gasteiger partial charge on any atom is 0.416 e. The number of aromatic nitrogens is 4. The van der Waals surface area contributed by atoms with E-state index >= 15 is 0 Å². The van der Waals surface area contributed by atoms with Gasteiger partial charge >= 0.3 is 6.18 Å². The van der Waals surface area contributed by atoms with Gasteiger partial charge in [0.15, 0.2) is 0 Å². The second-order valence-corrected chi connectivity index (χ2v) is 7.85. The van der Waals surface area contributed by atoms with E-state index in [0.717, 1.165) is 33.0 Å². The van der Waals surface area contributed by atoms with E-state index in [1.807, 2.05) is 13.0 Å². The Morgan fingerprint density at radius 2 is 1.91 bits per heavy atom. The standard InChI is InChI=1S/C22H17ClF3N5O2/c1-12-4-3-5-15-20(12)27-11-30(21(15)33)10-19(32)28-18-8-13(2)29-31(18)17-9-14(22(24,25)26)6-7-16(17)23/h3-9,11H,10H2,1-2H3,(H,28,32). The van der Waals surface area contributed by atoms with Crippen LogP contribution in [0.15, 0.2) is 53.6 Å². The number of nitrogens with zero attached hydrogens (tertiary/aromatic N) is 4. The van der Waals surface area contributed by atoms with Gasteiger partial charge in [-0.15, -0.1) is 0 Å². The zero-order valence-corrected chi connectivity index (χ0v) is 18.2. The summed E-state index contributed by atoms with van der Waals surface area (Å²) >= 11 is 6.12. The lowest BCUT2D eigenvalue weighted by Gasteiger charge is -2.14. The van der Waals surface area contributed by atoms with Gasteiger partial charge in [0.25, 0.3) is 5.56 Å². The fourth-order valence-electron chi connectivity index (χ4n) is 3.41. The molecule has 2 heterocycles. The molecule has 0 radical (unpaired) electrons. The van der Waals surface area contributed by atoms with E-state index in [0.29, 0.717) is 16.6 Å². The minimum Gasteiger partial charge on any atom is -0.309 e. The number of carbonyl (C=O) groups excluding carboxylic acids is 1. The molecule has 11 heteroatoms. The third-order valence-electron chi connectivity index (χ3n) is 4.97. The molecule has 4 aromatic rings. The van der Waals surface area contributed by atoms with Gasteiger partial charge in [-0.2, -0.15) is 18.3 Å². The molecular formula is C22H17ClF3N5O2. The maximum absolute atomic E-state index is 13.2. The van der Waals surface area contributed by atoms with Gasteiger partial charge < -0.3 is 5.32 Å². The average Bonchev–Trinajstić information content (AvgIpc) is 3.09. The number of para-hydroxylation sites is 1. The van der Waals surface area contributed by atoms with E-state index in [4.69, 9.17) is 11.6 Å². The topological polar surface area (TPSA) is 81.8 Å². The first-order chi connectivity index (χ1) is 15.5. The molecule has 0 bridgehead atoms. The normalized spacial score (nSPS) is 11.7. The summed E-state index contributed by atoms with van der Waals surface area (Å²) in [4.78, 5) is 29.7. The van der Waals surface area contributed by atoms with Crippen LogP contribution in [0.3, 0.4) is 0 Å². The smallest absolute Gasteiger partial charge is 0.309 e. The molecule has 0 unspecified atom stereocenters. The van der Waals surface area contributed by atoms with Gasteiger partial charge in [-0.3, -0.25) is 14.2 Å². The minimum absolute atomic E-state index is 0.0203. The van der Waals surface area contributed by atoms with E-state index in [9.17, 15) is 22.8 Å². The van der Waals surface area contributed by atoms with Crippen molar-refractivity contribution in [3.05, 3.63) is 81.0 Å². The summed E-state index contributed by atoms with van der Waals surface area (Å²) in [6, 6.07) is 9.50. The Morgan fingerprint density at radius 3 is 2.64 bits per heavy atom. The number of nitrogens with one attached hydrogen (secondary N) is 1. The number of alkyl halides is 3. The van der Waals surface area contributed by atoms with E-state index in [1.165, 1.54) is 12.4 Å². The van der Waals surface area contributed by atoms with Crippen molar-refractivity contribution < 1.29 is 18.0 Å². The highest BCUT2D eigenvalue weighted by molar-refractivity contribution is 6.32. The summed E-state index contributed by atoms with van der Waals surface area (Å²) in [5.74, 6) is -0.480. The Labute approximate surface area is 190 Å². The van der Waals surface area contributed by atoms with Crippen LogP contribution in [0.4, 0.5) is 19.0 Å². The van der Waals surface area contributed by atoms with Gasteiger partial charge in [-0.1, -0.05) is 23.7 Å². The predicted octanol–water partition coefficient (Wildman–Crippen LogP) is 4.51. The molecule has 0 aliphatic carbocycles. The third kappa shape index (κ3) is 4.47. The van der Waals surface area contributed by atoms with Crippen LogP contribution in [-0.4, -0.2) is 25.2 Å². The second kappa shape index (κ2) is 8.36. The number of rotatable bonds is 4. The van der Waals surface area contributed by atoms with Crippen LogP contribution in [0, 0.1) is 13.8 Å². The quantitative estimate of drug-likeness (QED) is 0.471. The van der Waals surface area contributed by atoms with Gasteiger partial charge in [0.05, 0.1) is 39.2 Å². The van der Waals surface area contributed by atoms with Crippen LogP contribution in [0.1, 0.15) is 16.8 Å². The Morgan fingerprint density at radius 1 is 1.15 bits per heavy atom. The van der Waals surface area contributed by atoms with Crippen LogP contribution in [0.25, 0.3) is 16.6 Å². The van der Waals surface area contributed by atoms with Crippen LogP contribution in [-0.2, 0) is 17.5 Å². The molecule has 1 amide bonds. The molecule has 1 N–H and O–H groups in total. The molecule has 0 spiro atoms. The molecular weight excluding hydrogens is 459 g/mol. The van der Waals surface area contributed by atoms with E-state index in [1.54, 1.807) is 19.1 Å². The van der Waals surface area contributed by atoms with Crippen LogP contribution < -0.4 is 10.9 Å². The molecule has 2 aromatic carbocycles. The first-order valence-corrected chi connectivity index (χ1v) is 10.1. The molecule has 4 rings (SSSR count). The summed E-state index contributed by atoms with van der Waals surface area (Å²) in [6.07, 6.45) is -3.29. The Bertz CT molecular complexity index is 1440. The van der Waals surface area contributed by atoms with Crippen molar-refractivity contribution >= 4 is 34.2 Å². The van der Waals surface area contributed by atoms with Crippen LogP contribution in [0.5, 0.6) is 0 Å². The van der Waals surface area contributed by atoms with E-state index < -0.39 is 17.6 Å². The third-order valence-corrected chi connectivity index (χ3v) is 5.29. The summed E-state index contributed by atoms with van der Waals surface area (Å²) in [7, 11) is 0. The highest BCUT2D eigenvalue weighted by atomic mass is 35.5. The molecule has 0 aliphatic heterocycles. The largest absolute Gasteiger partial charge is 0.416 e. The van der Waals surface area contributed by atoms with Gasteiger partial charge in [-0.05, 0) is 43.7 Å².